The number of aromatic nitrogens is 3. The first kappa shape index (κ1) is 14.3. The highest BCUT2D eigenvalue weighted by Crippen LogP contribution is 2.18. The van der Waals surface area contributed by atoms with E-state index in [-0.39, 0.29) is 0 Å². The smallest absolute Gasteiger partial charge is 0.149 e. The Morgan fingerprint density at radius 1 is 1.19 bits per heavy atom. The summed E-state index contributed by atoms with van der Waals surface area (Å²) in [5.41, 5.74) is 2.18. The molecule has 2 aromatic heterocycles. The molecule has 0 aliphatic carbocycles. The molecule has 0 radical (unpaired) electrons. The van der Waals surface area contributed by atoms with Crippen molar-refractivity contribution in [1.82, 2.24) is 20.0 Å². The number of piperazine rings is 1. The normalized spacial score (nSPS) is 16.4. The van der Waals surface area contributed by atoms with Crippen LogP contribution in [-0.4, -0.2) is 46.2 Å². The van der Waals surface area contributed by atoms with Gasteiger partial charge in [-0.05, 0) is 13.8 Å². The molecule has 3 heterocycles. The maximum atomic E-state index is 5.89. The molecule has 1 fully saturated rings. The lowest BCUT2D eigenvalue weighted by molar-refractivity contribution is 0.247. The average Bonchev–Trinajstić information content (AvgIpc) is 2.80. The second kappa shape index (κ2) is 5.99. The van der Waals surface area contributed by atoms with E-state index in [9.17, 15) is 0 Å². The van der Waals surface area contributed by atoms with Crippen molar-refractivity contribution in [3.63, 3.8) is 0 Å². The van der Waals surface area contributed by atoms with Crippen LogP contribution >= 0.6 is 11.6 Å². The molecule has 7 heteroatoms. The molecular weight excluding hydrogens is 290 g/mol. The summed E-state index contributed by atoms with van der Waals surface area (Å²) in [5.74, 6) is 1.76. The van der Waals surface area contributed by atoms with Gasteiger partial charge in [-0.3, -0.25) is 9.88 Å². The number of rotatable bonds is 3. The summed E-state index contributed by atoms with van der Waals surface area (Å²) >= 11 is 5.89. The SMILES string of the molecule is Cc1noc(C)c1CN1CCN(c2cncc(Cl)n2)CC1. The van der Waals surface area contributed by atoms with Gasteiger partial charge in [-0.1, -0.05) is 16.8 Å². The van der Waals surface area contributed by atoms with Crippen molar-refractivity contribution in [3.05, 3.63) is 34.6 Å². The standard InChI is InChI=1S/C14H18ClN5O/c1-10-12(11(2)21-18-10)9-19-3-5-20(6-4-19)14-8-16-7-13(15)17-14/h7-8H,3-6,9H2,1-2H3. The number of nitrogens with zero attached hydrogens (tertiary/aromatic N) is 5. The Morgan fingerprint density at radius 3 is 2.57 bits per heavy atom. The van der Waals surface area contributed by atoms with Crippen molar-refractivity contribution < 1.29 is 4.52 Å². The number of anilines is 1. The van der Waals surface area contributed by atoms with Gasteiger partial charge in [-0.15, -0.1) is 0 Å². The van der Waals surface area contributed by atoms with Gasteiger partial charge in [0.25, 0.3) is 0 Å². The molecule has 112 valence electrons. The van der Waals surface area contributed by atoms with Crippen LogP contribution in [-0.2, 0) is 6.54 Å². The molecule has 0 unspecified atom stereocenters. The van der Waals surface area contributed by atoms with E-state index < -0.39 is 0 Å². The molecule has 6 nitrogen and oxygen atoms in total. The van der Waals surface area contributed by atoms with Crippen LogP contribution in [0, 0.1) is 13.8 Å². The molecule has 0 amide bonds. The van der Waals surface area contributed by atoms with Crippen molar-refractivity contribution in [2.45, 2.75) is 20.4 Å². The van der Waals surface area contributed by atoms with E-state index in [1.807, 2.05) is 13.8 Å². The lowest BCUT2D eigenvalue weighted by Crippen LogP contribution is -2.46. The highest BCUT2D eigenvalue weighted by atomic mass is 35.5. The largest absolute Gasteiger partial charge is 0.361 e. The van der Waals surface area contributed by atoms with Gasteiger partial charge in [0, 0.05) is 38.3 Å². The van der Waals surface area contributed by atoms with Crippen LogP contribution in [0.3, 0.4) is 0 Å². The summed E-state index contributed by atoms with van der Waals surface area (Å²) in [5, 5.41) is 4.44. The van der Waals surface area contributed by atoms with Crippen molar-refractivity contribution in [1.29, 1.82) is 0 Å². The fourth-order valence-electron chi connectivity index (χ4n) is 2.57. The van der Waals surface area contributed by atoms with Gasteiger partial charge in [0.2, 0.25) is 0 Å². The van der Waals surface area contributed by atoms with Crippen LogP contribution in [0.1, 0.15) is 17.0 Å². The van der Waals surface area contributed by atoms with Crippen molar-refractivity contribution in [2.75, 3.05) is 31.1 Å². The van der Waals surface area contributed by atoms with E-state index in [0.717, 1.165) is 50.0 Å². The fraction of sp³-hybridized carbons (Fsp3) is 0.500. The summed E-state index contributed by atoms with van der Waals surface area (Å²) in [6.07, 6.45) is 3.31. The van der Waals surface area contributed by atoms with Crippen LogP contribution in [0.4, 0.5) is 5.82 Å². The van der Waals surface area contributed by atoms with Crippen LogP contribution in [0.2, 0.25) is 5.15 Å². The molecule has 0 aromatic carbocycles. The minimum Gasteiger partial charge on any atom is -0.361 e. The Morgan fingerprint density at radius 2 is 1.95 bits per heavy atom. The molecule has 21 heavy (non-hydrogen) atoms. The molecule has 0 bridgehead atoms. The van der Waals surface area contributed by atoms with E-state index in [4.69, 9.17) is 16.1 Å². The Bertz CT molecular complexity index is 602. The molecule has 1 saturated heterocycles. The monoisotopic (exact) mass is 307 g/mol. The first-order chi connectivity index (χ1) is 10.1. The third-order valence-corrected chi connectivity index (χ3v) is 4.03. The van der Waals surface area contributed by atoms with E-state index in [1.165, 1.54) is 5.56 Å². The fourth-order valence-corrected chi connectivity index (χ4v) is 2.71. The average molecular weight is 308 g/mol. The zero-order chi connectivity index (χ0) is 14.8. The Kier molecular flexibility index (Phi) is 4.07. The molecule has 1 aliphatic heterocycles. The van der Waals surface area contributed by atoms with Gasteiger partial charge >= 0.3 is 0 Å². The Labute approximate surface area is 128 Å². The van der Waals surface area contributed by atoms with Crippen molar-refractivity contribution in [2.24, 2.45) is 0 Å². The minimum atomic E-state index is 0.436. The van der Waals surface area contributed by atoms with Crippen LogP contribution in [0.5, 0.6) is 0 Å². The van der Waals surface area contributed by atoms with E-state index in [1.54, 1.807) is 12.4 Å². The number of aryl methyl sites for hydroxylation is 2. The highest BCUT2D eigenvalue weighted by Gasteiger charge is 2.20. The highest BCUT2D eigenvalue weighted by molar-refractivity contribution is 6.29. The molecular formula is C14H18ClN5O. The number of hydrogen-bond acceptors (Lipinski definition) is 6. The lowest BCUT2D eigenvalue weighted by Gasteiger charge is -2.35. The Hall–Kier alpha value is -1.66. The molecule has 1 aliphatic rings. The van der Waals surface area contributed by atoms with E-state index in [0.29, 0.717) is 5.15 Å². The van der Waals surface area contributed by atoms with Gasteiger partial charge in [-0.2, -0.15) is 0 Å². The zero-order valence-electron chi connectivity index (χ0n) is 12.2. The van der Waals surface area contributed by atoms with Gasteiger partial charge < -0.3 is 9.42 Å². The molecule has 0 atom stereocenters. The quantitative estimate of drug-likeness (QED) is 0.865. The summed E-state index contributed by atoms with van der Waals surface area (Å²) in [7, 11) is 0. The van der Waals surface area contributed by atoms with Crippen LogP contribution < -0.4 is 4.90 Å². The van der Waals surface area contributed by atoms with Gasteiger partial charge in [0.15, 0.2) is 0 Å². The second-order valence-electron chi connectivity index (χ2n) is 5.27. The first-order valence-corrected chi connectivity index (χ1v) is 7.38. The molecule has 3 rings (SSSR count). The van der Waals surface area contributed by atoms with E-state index >= 15 is 0 Å². The predicted octanol–water partition coefficient (Wildman–Crippen LogP) is 2.06. The van der Waals surface area contributed by atoms with Gasteiger partial charge in [0.05, 0.1) is 18.1 Å². The topological polar surface area (TPSA) is 58.3 Å². The van der Waals surface area contributed by atoms with E-state index in [2.05, 4.69) is 24.9 Å². The number of hydrogen-bond donors (Lipinski definition) is 0. The van der Waals surface area contributed by atoms with Crippen molar-refractivity contribution in [3.8, 4) is 0 Å². The second-order valence-corrected chi connectivity index (χ2v) is 5.65. The van der Waals surface area contributed by atoms with Gasteiger partial charge in [0.1, 0.15) is 16.7 Å². The van der Waals surface area contributed by atoms with Crippen LogP contribution in [0.15, 0.2) is 16.9 Å². The summed E-state index contributed by atoms with van der Waals surface area (Å²) in [6.45, 7) is 8.61. The summed E-state index contributed by atoms with van der Waals surface area (Å²) in [4.78, 5) is 13.0. The Balaban J connectivity index is 1.60. The molecule has 0 spiro atoms. The third-order valence-electron chi connectivity index (χ3n) is 3.85. The third kappa shape index (κ3) is 3.16. The number of halogens is 1. The van der Waals surface area contributed by atoms with Crippen LogP contribution in [0.25, 0.3) is 0 Å². The lowest BCUT2D eigenvalue weighted by atomic mass is 10.2. The molecule has 0 saturated carbocycles. The van der Waals surface area contributed by atoms with Gasteiger partial charge in [-0.25, -0.2) is 4.98 Å². The maximum absolute atomic E-state index is 5.89. The van der Waals surface area contributed by atoms with Crippen molar-refractivity contribution >= 4 is 17.4 Å². The molecule has 2 aromatic rings. The summed E-state index contributed by atoms with van der Waals surface area (Å²) in [6, 6.07) is 0. The zero-order valence-corrected chi connectivity index (χ0v) is 13.0. The molecule has 0 N–H and O–H groups in total. The summed E-state index contributed by atoms with van der Waals surface area (Å²) < 4.78 is 5.22. The minimum absolute atomic E-state index is 0.436. The first-order valence-electron chi connectivity index (χ1n) is 7.00. The predicted molar refractivity (Wildman–Crippen MR) is 80.5 cm³/mol. The maximum Gasteiger partial charge on any atom is 0.149 e.